The van der Waals surface area contributed by atoms with Gasteiger partial charge < -0.3 is 13.8 Å². The summed E-state index contributed by atoms with van der Waals surface area (Å²) in [6.45, 7) is 5.31. The Bertz CT molecular complexity index is 929. The summed E-state index contributed by atoms with van der Waals surface area (Å²) >= 11 is 1.31. The second-order valence-electron chi connectivity index (χ2n) is 6.93. The van der Waals surface area contributed by atoms with E-state index in [1.165, 1.54) is 11.5 Å². The SMILES string of the molecule is CCCc1ccc(C(=O)N2CCC[C@H](c3nnsc3-c3cc(C)no3)C2)o1. The summed E-state index contributed by atoms with van der Waals surface area (Å²) in [5.41, 5.74) is 1.71. The topological polar surface area (TPSA) is 85.3 Å². The number of aromatic nitrogens is 3. The molecule has 27 heavy (non-hydrogen) atoms. The van der Waals surface area contributed by atoms with E-state index in [0.717, 1.165) is 54.3 Å². The number of aryl methyl sites for hydroxylation is 2. The molecular formula is C19H22N4O3S. The largest absolute Gasteiger partial charge is 0.456 e. The second-order valence-corrected chi connectivity index (χ2v) is 7.68. The maximum absolute atomic E-state index is 12.9. The van der Waals surface area contributed by atoms with Gasteiger partial charge in [-0.1, -0.05) is 16.6 Å². The summed E-state index contributed by atoms with van der Waals surface area (Å²) in [6, 6.07) is 5.57. The number of carbonyl (C=O) groups is 1. The lowest BCUT2D eigenvalue weighted by Gasteiger charge is -2.31. The molecule has 1 amide bonds. The third-order valence-corrected chi connectivity index (χ3v) is 5.59. The van der Waals surface area contributed by atoms with Crippen molar-refractivity contribution in [1.29, 1.82) is 0 Å². The summed E-state index contributed by atoms with van der Waals surface area (Å²) in [4.78, 5) is 15.6. The van der Waals surface area contributed by atoms with Gasteiger partial charge in [-0.2, -0.15) is 0 Å². The number of furan rings is 1. The molecule has 0 unspecified atom stereocenters. The van der Waals surface area contributed by atoms with Gasteiger partial charge in [0.2, 0.25) is 0 Å². The fraction of sp³-hybridized carbons (Fsp3) is 0.474. The summed E-state index contributed by atoms with van der Waals surface area (Å²) in [7, 11) is 0. The number of amides is 1. The lowest BCUT2D eigenvalue weighted by molar-refractivity contribution is 0.0672. The highest BCUT2D eigenvalue weighted by Crippen LogP contribution is 2.35. The predicted molar refractivity (Wildman–Crippen MR) is 101 cm³/mol. The lowest BCUT2D eigenvalue weighted by atomic mass is 9.93. The van der Waals surface area contributed by atoms with Crippen LogP contribution in [0.25, 0.3) is 10.6 Å². The van der Waals surface area contributed by atoms with Crippen molar-refractivity contribution in [3.8, 4) is 10.6 Å². The number of piperidine rings is 1. The Morgan fingerprint density at radius 3 is 3.07 bits per heavy atom. The minimum atomic E-state index is -0.0534. The van der Waals surface area contributed by atoms with Gasteiger partial charge in [-0.25, -0.2) is 0 Å². The molecule has 0 radical (unpaired) electrons. The molecule has 0 saturated carbocycles. The Morgan fingerprint density at radius 2 is 2.30 bits per heavy atom. The van der Waals surface area contributed by atoms with E-state index in [0.29, 0.717) is 18.1 Å². The van der Waals surface area contributed by atoms with Crippen molar-refractivity contribution < 1.29 is 13.7 Å². The normalized spacial score (nSPS) is 17.4. The maximum atomic E-state index is 12.9. The van der Waals surface area contributed by atoms with Crippen molar-refractivity contribution in [2.45, 2.75) is 45.4 Å². The van der Waals surface area contributed by atoms with E-state index in [9.17, 15) is 4.79 Å². The van der Waals surface area contributed by atoms with Crippen molar-refractivity contribution in [3.05, 3.63) is 41.1 Å². The Morgan fingerprint density at radius 1 is 1.41 bits per heavy atom. The minimum absolute atomic E-state index is 0.0534. The number of carbonyl (C=O) groups excluding carboxylic acids is 1. The van der Waals surface area contributed by atoms with Gasteiger partial charge in [-0.05, 0) is 49.9 Å². The summed E-state index contributed by atoms with van der Waals surface area (Å²) < 4.78 is 15.2. The average molecular weight is 386 g/mol. The van der Waals surface area contributed by atoms with E-state index in [4.69, 9.17) is 8.94 Å². The summed E-state index contributed by atoms with van der Waals surface area (Å²) in [5.74, 6) is 2.05. The minimum Gasteiger partial charge on any atom is -0.456 e. The smallest absolute Gasteiger partial charge is 0.289 e. The number of nitrogens with zero attached hydrogens (tertiary/aromatic N) is 4. The molecule has 3 aromatic heterocycles. The molecule has 0 spiro atoms. The monoisotopic (exact) mass is 386 g/mol. The molecule has 142 valence electrons. The van der Waals surface area contributed by atoms with E-state index in [1.54, 1.807) is 6.07 Å². The van der Waals surface area contributed by atoms with E-state index in [-0.39, 0.29) is 11.8 Å². The first-order valence-corrected chi connectivity index (χ1v) is 10.1. The standard InChI is InChI=1S/C19H22N4O3S/c1-3-5-14-7-8-15(25-14)19(24)23-9-4-6-13(11-23)17-18(27-22-20-17)16-10-12(2)21-26-16/h7-8,10,13H,3-6,9,11H2,1-2H3/t13-/m0/s1. The van der Waals surface area contributed by atoms with Gasteiger partial charge in [0.05, 0.1) is 11.4 Å². The van der Waals surface area contributed by atoms with Crippen LogP contribution in [0.2, 0.25) is 0 Å². The molecule has 1 atom stereocenters. The molecule has 0 aliphatic carbocycles. The van der Waals surface area contributed by atoms with Crippen LogP contribution in [0, 0.1) is 6.92 Å². The summed E-state index contributed by atoms with van der Waals surface area (Å²) in [5, 5.41) is 8.30. The van der Waals surface area contributed by atoms with Crippen molar-refractivity contribution in [2.75, 3.05) is 13.1 Å². The fourth-order valence-corrected chi connectivity index (χ4v) is 4.22. The average Bonchev–Trinajstić information content (AvgIpc) is 3.41. The number of hydrogen-bond donors (Lipinski definition) is 0. The molecule has 8 heteroatoms. The molecule has 3 aromatic rings. The van der Waals surface area contributed by atoms with Crippen LogP contribution < -0.4 is 0 Å². The predicted octanol–water partition coefficient (Wildman–Crippen LogP) is 4.07. The van der Waals surface area contributed by atoms with Crippen LogP contribution >= 0.6 is 11.5 Å². The van der Waals surface area contributed by atoms with Crippen LogP contribution in [-0.4, -0.2) is 38.6 Å². The third kappa shape index (κ3) is 3.66. The van der Waals surface area contributed by atoms with Crippen molar-refractivity contribution in [3.63, 3.8) is 0 Å². The van der Waals surface area contributed by atoms with Gasteiger partial charge in [0.1, 0.15) is 10.6 Å². The molecule has 1 aliphatic heterocycles. The number of rotatable bonds is 5. The lowest BCUT2D eigenvalue weighted by Crippen LogP contribution is -2.39. The van der Waals surface area contributed by atoms with Crippen molar-refractivity contribution in [2.24, 2.45) is 0 Å². The van der Waals surface area contributed by atoms with Gasteiger partial charge in [0.15, 0.2) is 11.5 Å². The van der Waals surface area contributed by atoms with Crippen molar-refractivity contribution >= 4 is 17.4 Å². The molecule has 1 saturated heterocycles. The van der Waals surface area contributed by atoms with Crippen LogP contribution in [0.15, 0.2) is 27.1 Å². The Balaban J connectivity index is 1.52. The first kappa shape index (κ1) is 17.9. The van der Waals surface area contributed by atoms with Gasteiger partial charge in [-0.3, -0.25) is 4.79 Å². The van der Waals surface area contributed by atoms with Crippen LogP contribution in [0.3, 0.4) is 0 Å². The van der Waals surface area contributed by atoms with Crippen LogP contribution in [0.5, 0.6) is 0 Å². The number of hydrogen-bond acceptors (Lipinski definition) is 7. The zero-order valence-electron chi connectivity index (χ0n) is 15.5. The highest BCUT2D eigenvalue weighted by atomic mass is 32.1. The molecular weight excluding hydrogens is 364 g/mol. The van der Waals surface area contributed by atoms with Crippen LogP contribution in [-0.2, 0) is 6.42 Å². The second kappa shape index (κ2) is 7.64. The quantitative estimate of drug-likeness (QED) is 0.657. The van der Waals surface area contributed by atoms with E-state index in [2.05, 4.69) is 21.7 Å². The highest BCUT2D eigenvalue weighted by Gasteiger charge is 2.31. The van der Waals surface area contributed by atoms with Gasteiger partial charge in [-0.15, -0.1) is 5.10 Å². The molecule has 1 aliphatic rings. The molecule has 4 heterocycles. The molecule has 4 rings (SSSR count). The summed E-state index contributed by atoms with van der Waals surface area (Å²) in [6.07, 6.45) is 3.73. The maximum Gasteiger partial charge on any atom is 0.289 e. The Labute approximate surface area is 161 Å². The van der Waals surface area contributed by atoms with Crippen LogP contribution in [0.1, 0.15) is 59.8 Å². The van der Waals surface area contributed by atoms with Gasteiger partial charge in [0, 0.05) is 31.5 Å². The van der Waals surface area contributed by atoms with E-state index in [1.807, 2.05) is 24.0 Å². The number of likely N-dealkylation sites (tertiary alicyclic amines) is 1. The van der Waals surface area contributed by atoms with Gasteiger partial charge >= 0.3 is 0 Å². The zero-order chi connectivity index (χ0) is 18.8. The zero-order valence-corrected chi connectivity index (χ0v) is 16.3. The van der Waals surface area contributed by atoms with Crippen molar-refractivity contribution in [1.82, 2.24) is 19.6 Å². The highest BCUT2D eigenvalue weighted by molar-refractivity contribution is 7.09. The molecule has 0 aromatic carbocycles. The first-order valence-electron chi connectivity index (χ1n) is 9.29. The fourth-order valence-electron chi connectivity index (χ4n) is 3.52. The molecule has 0 N–H and O–H groups in total. The molecule has 7 nitrogen and oxygen atoms in total. The molecule has 0 bridgehead atoms. The Hall–Kier alpha value is -2.48. The van der Waals surface area contributed by atoms with E-state index >= 15 is 0 Å². The Kier molecular flexibility index (Phi) is 5.07. The van der Waals surface area contributed by atoms with E-state index < -0.39 is 0 Å². The third-order valence-electron chi connectivity index (χ3n) is 4.83. The van der Waals surface area contributed by atoms with Gasteiger partial charge in [0.25, 0.3) is 5.91 Å². The molecule has 1 fully saturated rings. The van der Waals surface area contributed by atoms with Crippen LogP contribution in [0.4, 0.5) is 0 Å². The first-order chi connectivity index (χ1) is 13.2.